The van der Waals surface area contributed by atoms with Crippen molar-refractivity contribution in [2.24, 2.45) is 0 Å². The molecule has 49 heavy (non-hydrogen) atoms. The molecule has 8 nitrogen and oxygen atoms in total. The summed E-state index contributed by atoms with van der Waals surface area (Å²) in [7, 11) is 0. The topological polar surface area (TPSA) is 133 Å². The van der Waals surface area contributed by atoms with Crippen LogP contribution in [0, 0.1) is 0 Å². The molecule has 0 N–H and O–H groups in total. The number of aliphatic carboxylic acids is 2. The third-order valence-electron chi connectivity index (χ3n) is 8.59. The van der Waals surface area contributed by atoms with Crippen molar-refractivity contribution < 1.29 is 38.9 Å². The molecule has 0 unspecified atom stereocenters. The summed E-state index contributed by atoms with van der Waals surface area (Å²) in [6, 6.07) is 0. The minimum absolute atomic E-state index is 0. The van der Waals surface area contributed by atoms with Gasteiger partial charge in [-0.15, -0.1) is 0 Å². The Morgan fingerprint density at radius 1 is 0.347 bits per heavy atom. The van der Waals surface area contributed by atoms with Crippen LogP contribution in [0.2, 0.25) is 0 Å². The number of esters is 2. The fraction of sp³-hybridized carbons (Fsp3) is 0.900. The third kappa shape index (κ3) is 51.6. The summed E-state index contributed by atoms with van der Waals surface area (Å²) in [6.07, 6.45) is 35.6. The second-order valence-corrected chi connectivity index (χ2v) is 13.4. The first-order chi connectivity index (χ1) is 23.3. The van der Waals surface area contributed by atoms with Gasteiger partial charge in [0.05, 0.1) is 26.1 Å². The van der Waals surface area contributed by atoms with E-state index in [9.17, 15) is 29.4 Å². The fourth-order valence-corrected chi connectivity index (χ4v) is 5.52. The quantitative estimate of drug-likeness (QED) is 0.0356. The summed E-state index contributed by atoms with van der Waals surface area (Å²) < 4.78 is 9.94. The molecule has 0 aliphatic carbocycles. The normalized spacial score (nSPS) is 10.5. The van der Waals surface area contributed by atoms with Gasteiger partial charge >= 0.3 is 49.7 Å². The molecule has 0 aromatic carbocycles. The molecule has 0 fully saturated rings. The number of unbranched alkanes of at least 4 members (excludes halogenated alkanes) is 26. The Kier molecular flexibility index (Phi) is 48.4. The Morgan fingerprint density at radius 3 is 0.755 bits per heavy atom. The van der Waals surface area contributed by atoms with Gasteiger partial charge in [-0.2, -0.15) is 0 Å². The van der Waals surface area contributed by atoms with Crippen LogP contribution in [0.3, 0.4) is 0 Å². The smallest absolute Gasteiger partial charge is 0.550 e. The average Bonchev–Trinajstić information content (AvgIpc) is 3.06. The van der Waals surface area contributed by atoms with Crippen LogP contribution in [0.25, 0.3) is 0 Å². The zero-order valence-corrected chi connectivity index (χ0v) is 34.2. The minimum Gasteiger partial charge on any atom is -0.550 e. The van der Waals surface area contributed by atoms with Crippen molar-refractivity contribution in [3.05, 3.63) is 0 Å². The van der Waals surface area contributed by atoms with Crippen molar-refractivity contribution in [1.29, 1.82) is 0 Å². The number of hydrogen-bond acceptors (Lipinski definition) is 8. The number of hydrogen-bond donors (Lipinski definition) is 0. The van der Waals surface area contributed by atoms with Crippen molar-refractivity contribution >= 4 is 61.6 Å². The van der Waals surface area contributed by atoms with Crippen LogP contribution in [0.1, 0.15) is 219 Å². The van der Waals surface area contributed by atoms with E-state index in [0.29, 0.717) is 13.2 Å². The van der Waals surface area contributed by atoms with Gasteiger partial charge in [0.25, 0.3) is 0 Å². The maximum Gasteiger partial charge on any atom is 2.00 e. The van der Waals surface area contributed by atoms with Crippen LogP contribution in [-0.4, -0.2) is 74.8 Å². The molecule has 0 spiro atoms. The van der Waals surface area contributed by atoms with E-state index in [1.807, 2.05) is 0 Å². The maximum absolute atomic E-state index is 11.2. The Hall–Kier alpha value is -0.860. The molecule has 0 aliphatic rings. The largest absolute Gasteiger partial charge is 2.00 e. The summed E-state index contributed by atoms with van der Waals surface area (Å²) in [5.41, 5.74) is 0. The monoisotopic (exact) mass is 723 g/mol. The van der Waals surface area contributed by atoms with Gasteiger partial charge in [-0.05, 0) is 25.7 Å². The zero-order valence-electron chi connectivity index (χ0n) is 32.0. The number of carboxylic acid groups (broad SMARTS) is 2. The number of carboxylic acids is 2. The average molecular weight is 723 g/mol. The molecule has 284 valence electrons. The van der Waals surface area contributed by atoms with Crippen LogP contribution in [0.15, 0.2) is 0 Å². The molecule has 0 heterocycles. The van der Waals surface area contributed by atoms with Gasteiger partial charge in [0, 0.05) is 11.9 Å². The first kappa shape index (κ1) is 52.5. The summed E-state index contributed by atoms with van der Waals surface area (Å²) >= 11 is 0. The van der Waals surface area contributed by atoms with E-state index in [-0.39, 0.29) is 63.4 Å². The summed E-state index contributed by atoms with van der Waals surface area (Å²) in [5.74, 6) is -3.28. The maximum atomic E-state index is 11.2. The number of ether oxygens (including phenoxy) is 2. The second kappa shape index (κ2) is 45.2. The number of carbonyl (C=O) groups excluding carboxylic acids is 4. The van der Waals surface area contributed by atoms with Gasteiger partial charge in [-0.1, -0.05) is 181 Å². The second-order valence-electron chi connectivity index (χ2n) is 13.4. The molecule has 0 amide bonds. The van der Waals surface area contributed by atoms with Crippen LogP contribution in [0.4, 0.5) is 0 Å². The van der Waals surface area contributed by atoms with Crippen LogP contribution in [0.5, 0.6) is 0 Å². The van der Waals surface area contributed by atoms with Gasteiger partial charge in [-0.25, -0.2) is 0 Å². The van der Waals surface area contributed by atoms with E-state index < -0.39 is 23.9 Å². The molecule has 0 rings (SSSR count). The van der Waals surface area contributed by atoms with Gasteiger partial charge in [0.1, 0.15) is 0 Å². The standard InChI is InChI=1S/2C20H38O4.Ca/c2*1-2-3-4-5-6-7-8-9-10-11-12-13-14-15-18-24-20(23)17-16-19(21)22;/h2*2-18H2,1H3,(H,21,22);/q;;+2/p-2. The molecule has 0 aliphatic heterocycles. The minimum atomic E-state index is -1.21. The molecular weight excluding hydrogens is 649 g/mol. The van der Waals surface area contributed by atoms with Crippen molar-refractivity contribution in [2.45, 2.75) is 219 Å². The first-order valence-electron chi connectivity index (χ1n) is 20.0. The van der Waals surface area contributed by atoms with Crippen molar-refractivity contribution in [3.63, 3.8) is 0 Å². The predicted molar refractivity (Wildman–Crippen MR) is 197 cm³/mol. The molecule has 9 heteroatoms. The SMILES string of the molecule is CCCCCCCCCCCCCCCCOC(=O)CCC(=O)[O-].CCCCCCCCCCCCCCCCOC(=O)CCC(=O)[O-].[Ca+2]. The van der Waals surface area contributed by atoms with E-state index in [0.717, 1.165) is 25.7 Å². The predicted octanol–water partition coefficient (Wildman–Crippen LogP) is 8.70. The number of rotatable bonds is 36. The summed E-state index contributed by atoms with van der Waals surface area (Å²) in [4.78, 5) is 42.7. The molecule has 0 saturated carbocycles. The molecule has 0 saturated heterocycles. The third-order valence-corrected chi connectivity index (χ3v) is 8.59. The Morgan fingerprint density at radius 2 is 0.551 bits per heavy atom. The van der Waals surface area contributed by atoms with Gasteiger partial charge in [-0.3, -0.25) is 9.59 Å². The van der Waals surface area contributed by atoms with E-state index >= 15 is 0 Å². The molecule has 0 atom stereocenters. The molecular formula is C40H74CaO8. The van der Waals surface area contributed by atoms with Gasteiger partial charge in [0.15, 0.2) is 0 Å². The van der Waals surface area contributed by atoms with Crippen LogP contribution in [-0.2, 0) is 28.7 Å². The van der Waals surface area contributed by atoms with E-state index in [1.165, 1.54) is 154 Å². The zero-order chi connectivity index (χ0) is 35.8. The summed E-state index contributed by atoms with van der Waals surface area (Å²) in [6.45, 7) is 5.33. The first-order valence-corrected chi connectivity index (χ1v) is 20.0. The molecule has 0 aromatic heterocycles. The van der Waals surface area contributed by atoms with Crippen LogP contribution < -0.4 is 10.2 Å². The van der Waals surface area contributed by atoms with Crippen molar-refractivity contribution in [3.8, 4) is 0 Å². The van der Waals surface area contributed by atoms with E-state index in [1.54, 1.807) is 0 Å². The summed E-state index contributed by atoms with van der Waals surface area (Å²) in [5, 5.41) is 20.4. The Balaban J connectivity index is -0.000000846. The molecule has 0 radical (unpaired) electrons. The molecule has 0 aromatic rings. The Bertz CT molecular complexity index is 671. The molecule has 0 bridgehead atoms. The number of carbonyl (C=O) groups is 4. The van der Waals surface area contributed by atoms with E-state index in [2.05, 4.69) is 13.8 Å². The van der Waals surface area contributed by atoms with Gasteiger partial charge < -0.3 is 29.3 Å². The van der Waals surface area contributed by atoms with Crippen molar-refractivity contribution in [2.75, 3.05) is 13.2 Å². The van der Waals surface area contributed by atoms with Crippen molar-refractivity contribution in [1.82, 2.24) is 0 Å². The van der Waals surface area contributed by atoms with Gasteiger partial charge in [0.2, 0.25) is 0 Å². The van der Waals surface area contributed by atoms with Crippen LogP contribution >= 0.6 is 0 Å². The Labute approximate surface area is 331 Å². The van der Waals surface area contributed by atoms with E-state index in [4.69, 9.17) is 9.47 Å². The fourth-order valence-electron chi connectivity index (χ4n) is 5.52.